The van der Waals surface area contributed by atoms with Crippen molar-refractivity contribution in [2.75, 3.05) is 20.3 Å². The first-order valence-electron chi connectivity index (χ1n) is 9.32. The van der Waals surface area contributed by atoms with Gasteiger partial charge in [0.25, 0.3) is 5.90 Å². The summed E-state index contributed by atoms with van der Waals surface area (Å²) in [5.41, 5.74) is 2.70. The summed E-state index contributed by atoms with van der Waals surface area (Å²) in [5, 5.41) is 13.5. The normalized spacial score (nSPS) is 13.8. The number of benzene rings is 2. The van der Waals surface area contributed by atoms with E-state index >= 15 is 0 Å². The maximum atomic E-state index is 6.26. The van der Waals surface area contributed by atoms with Crippen LogP contribution in [0.25, 0.3) is 5.69 Å². The second-order valence-corrected chi connectivity index (χ2v) is 7.18. The Balaban J connectivity index is 1.54. The van der Waals surface area contributed by atoms with E-state index < -0.39 is 0 Å². The van der Waals surface area contributed by atoms with Crippen molar-refractivity contribution in [1.82, 2.24) is 9.78 Å². The lowest BCUT2D eigenvalue weighted by atomic mass is 10.0. The Morgan fingerprint density at radius 2 is 2.03 bits per heavy atom. The predicted molar refractivity (Wildman–Crippen MR) is 117 cm³/mol. The number of rotatable bonds is 7. The van der Waals surface area contributed by atoms with Gasteiger partial charge in [0.1, 0.15) is 20.3 Å². The molecule has 1 aromatic heterocycles. The van der Waals surface area contributed by atoms with E-state index in [1.54, 1.807) is 35.1 Å². The Morgan fingerprint density at radius 3 is 2.81 bits per heavy atom. The van der Waals surface area contributed by atoms with Gasteiger partial charge < -0.3 is 19.1 Å². The van der Waals surface area contributed by atoms with E-state index in [1.807, 2.05) is 24.3 Å². The molecule has 0 saturated carbocycles. The monoisotopic (exact) mass is 460 g/mol. The van der Waals surface area contributed by atoms with Crippen molar-refractivity contribution < 1.29 is 19.1 Å². The topological polar surface area (TPSA) is 79.5 Å². The summed E-state index contributed by atoms with van der Waals surface area (Å²) in [6.07, 6.45) is 1.76. The first-order chi connectivity index (χ1) is 15.2. The van der Waals surface area contributed by atoms with Crippen molar-refractivity contribution in [3.63, 3.8) is 0 Å². The van der Waals surface area contributed by atoms with Gasteiger partial charge in [-0.15, -0.1) is 5.10 Å². The molecule has 0 atom stereocenters. The Bertz CT molecular complexity index is 1130. The molecular formula is C21H18Cl2N4O4. The predicted octanol–water partition coefficient (Wildman–Crippen LogP) is 4.47. The van der Waals surface area contributed by atoms with Crippen molar-refractivity contribution in [3.8, 4) is 11.6 Å². The zero-order chi connectivity index (χ0) is 21.6. The van der Waals surface area contributed by atoms with E-state index in [4.69, 9.17) is 42.4 Å². The van der Waals surface area contributed by atoms with Gasteiger partial charge in [0, 0.05) is 22.8 Å². The molecule has 0 spiro atoms. The fraction of sp³-hybridized carbons (Fsp3) is 0.190. The summed E-state index contributed by atoms with van der Waals surface area (Å²) in [4.78, 5) is 10.1. The molecule has 0 aliphatic carbocycles. The molecule has 10 heteroatoms. The van der Waals surface area contributed by atoms with Crippen LogP contribution in [-0.4, -0.2) is 41.7 Å². The van der Waals surface area contributed by atoms with Crippen LogP contribution in [0.15, 0.2) is 65.0 Å². The number of ether oxygens (including phenoxy) is 2. The molecule has 2 heterocycles. The maximum absolute atomic E-state index is 6.26. The number of oxime groups is 2. The summed E-state index contributed by atoms with van der Waals surface area (Å²) in [7, 11) is 1.46. The Kier molecular flexibility index (Phi) is 6.59. The van der Waals surface area contributed by atoms with Crippen LogP contribution in [0.2, 0.25) is 10.0 Å². The van der Waals surface area contributed by atoms with Crippen molar-refractivity contribution in [1.29, 1.82) is 0 Å². The smallest absolute Gasteiger partial charge is 0.280 e. The van der Waals surface area contributed by atoms with E-state index in [9.17, 15) is 0 Å². The van der Waals surface area contributed by atoms with E-state index in [1.165, 1.54) is 7.11 Å². The summed E-state index contributed by atoms with van der Waals surface area (Å²) < 4.78 is 13.1. The fourth-order valence-corrected chi connectivity index (χ4v) is 3.42. The molecule has 1 aliphatic heterocycles. The highest BCUT2D eigenvalue weighted by molar-refractivity contribution is 6.45. The van der Waals surface area contributed by atoms with Crippen LogP contribution in [-0.2, 0) is 21.0 Å². The van der Waals surface area contributed by atoms with Crippen LogP contribution in [0, 0.1) is 0 Å². The number of halogens is 2. The van der Waals surface area contributed by atoms with Crippen LogP contribution in [0.5, 0.6) is 5.88 Å². The van der Waals surface area contributed by atoms with Gasteiger partial charge in [-0.1, -0.05) is 52.6 Å². The number of aromatic nitrogens is 2. The molecule has 0 fully saturated rings. The van der Waals surface area contributed by atoms with Crippen LogP contribution in [0.1, 0.15) is 11.1 Å². The summed E-state index contributed by atoms with van der Waals surface area (Å²) >= 11 is 12.2. The van der Waals surface area contributed by atoms with Gasteiger partial charge in [0.05, 0.1) is 10.7 Å². The zero-order valence-corrected chi connectivity index (χ0v) is 18.0. The van der Waals surface area contributed by atoms with Crippen LogP contribution in [0.4, 0.5) is 0 Å². The largest absolute Gasteiger partial charge is 0.472 e. The molecular weight excluding hydrogens is 443 g/mol. The summed E-state index contributed by atoms with van der Waals surface area (Å²) in [6, 6.07) is 14.5. The molecule has 0 unspecified atom stereocenters. The lowest BCUT2D eigenvalue weighted by Gasteiger charge is -2.16. The average molecular weight is 461 g/mol. The Labute approximate surface area is 188 Å². The lowest BCUT2D eigenvalue weighted by Crippen LogP contribution is -2.26. The molecule has 0 N–H and O–H groups in total. The van der Waals surface area contributed by atoms with Gasteiger partial charge in [-0.05, 0) is 28.9 Å². The maximum Gasteiger partial charge on any atom is 0.280 e. The van der Waals surface area contributed by atoms with Gasteiger partial charge in [-0.3, -0.25) is 0 Å². The van der Waals surface area contributed by atoms with Gasteiger partial charge in [-0.2, -0.15) is 0 Å². The molecule has 4 rings (SSSR count). The van der Waals surface area contributed by atoms with Crippen LogP contribution < -0.4 is 4.74 Å². The molecule has 2 aromatic carbocycles. The van der Waals surface area contributed by atoms with Gasteiger partial charge in [0.15, 0.2) is 12.3 Å². The lowest BCUT2D eigenvalue weighted by molar-refractivity contribution is 0.0672. The van der Waals surface area contributed by atoms with E-state index in [0.717, 1.165) is 11.1 Å². The minimum Gasteiger partial charge on any atom is -0.472 e. The van der Waals surface area contributed by atoms with E-state index in [-0.39, 0.29) is 12.5 Å². The number of hydrogen-bond donors (Lipinski definition) is 0. The van der Waals surface area contributed by atoms with Gasteiger partial charge in [-0.25, -0.2) is 4.68 Å². The van der Waals surface area contributed by atoms with Crippen LogP contribution in [0.3, 0.4) is 0 Å². The molecule has 0 saturated heterocycles. The van der Waals surface area contributed by atoms with Crippen molar-refractivity contribution in [2.24, 2.45) is 10.3 Å². The second-order valence-electron chi connectivity index (χ2n) is 6.34. The molecule has 160 valence electrons. The fourth-order valence-electron chi connectivity index (χ4n) is 2.93. The molecule has 31 heavy (non-hydrogen) atoms. The van der Waals surface area contributed by atoms with Crippen LogP contribution >= 0.6 is 23.2 Å². The molecule has 3 aromatic rings. The molecule has 0 bridgehead atoms. The third-order valence-electron chi connectivity index (χ3n) is 4.32. The quantitative estimate of drug-likeness (QED) is 0.383. The SMILES string of the molecule is CO/N=C(\C1=NOCCO1)c1ccccc1COc1ccn(-c2ccc(Cl)cc2Cl)n1. The van der Waals surface area contributed by atoms with E-state index in [0.29, 0.717) is 40.5 Å². The first-order valence-corrected chi connectivity index (χ1v) is 10.1. The average Bonchev–Trinajstić information content (AvgIpc) is 3.26. The molecule has 0 amide bonds. The minimum atomic E-state index is 0.235. The van der Waals surface area contributed by atoms with Crippen molar-refractivity contribution in [3.05, 3.63) is 75.9 Å². The summed E-state index contributed by atoms with van der Waals surface area (Å²) in [5.74, 6) is 0.683. The highest BCUT2D eigenvalue weighted by atomic mass is 35.5. The zero-order valence-electron chi connectivity index (χ0n) is 16.5. The molecule has 0 radical (unpaired) electrons. The highest BCUT2D eigenvalue weighted by Crippen LogP contribution is 2.25. The number of nitrogens with zero attached hydrogens (tertiary/aromatic N) is 4. The van der Waals surface area contributed by atoms with Gasteiger partial charge in [0.2, 0.25) is 5.88 Å². The van der Waals surface area contributed by atoms with Gasteiger partial charge >= 0.3 is 0 Å². The molecule has 8 nitrogen and oxygen atoms in total. The third kappa shape index (κ3) is 4.92. The Hall–Kier alpha value is -3.23. The highest BCUT2D eigenvalue weighted by Gasteiger charge is 2.21. The Morgan fingerprint density at radius 1 is 1.16 bits per heavy atom. The third-order valence-corrected chi connectivity index (χ3v) is 4.85. The number of hydrogen-bond acceptors (Lipinski definition) is 7. The first kappa shape index (κ1) is 21.0. The van der Waals surface area contributed by atoms with E-state index in [2.05, 4.69) is 15.4 Å². The van der Waals surface area contributed by atoms with Crippen molar-refractivity contribution >= 4 is 34.8 Å². The molecule has 1 aliphatic rings. The standard InChI is InChI=1S/C21H18Cl2N4O4/c1-28-25-20(21-26-31-11-10-29-21)16-5-3-2-4-14(16)13-30-19-8-9-27(24-19)18-7-6-15(22)12-17(18)23/h2-9,12H,10-11,13H2,1H3/b25-20-. The van der Waals surface area contributed by atoms with Crippen molar-refractivity contribution in [2.45, 2.75) is 6.61 Å². The minimum absolute atomic E-state index is 0.235. The summed E-state index contributed by atoms with van der Waals surface area (Å²) in [6.45, 7) is 0.998. The second kappa shape index (κ2) is 9.72.